The van der Waals surface area contributed by atoms with Gasteiger partial charge >= 0.3 is 0 Å². The molecule has 4 nitrogen and oxygen atoms in total. The molecule has 2 aromatic rings. The van der Waals surface area contributed by atoms with E-state index in [1.54, 1.807) is 18.3 Å². The molecule has 0 spiro atoms. The average Bonchev–Trinajstić information content (AvgIpc) is 2.87. The molecule has 0 saturated carbocycles. The van der Waals surface area contributed by atoms with Crippen molar-refractivity contribution in [2.75, 3.05) is 18.5 Å². The van der Waals surface area contributed by atoms with Gasteiger partial charge in [-0.25, -0.2) is 9.37 Å². The third-order valence-corrected chi connectivity index (χ3v) is 3.47. The van der Waals surface area contributed by atoms with Crippen LogP contribution in [0.3, 0.4) is 0 Å². The Morgan fingerprint density at radius 3 is 3.05 bits per heavy atom. The van der Waals surface area contributed by atoms with E-state index in [1.165, 1.54) is 6.07 Å². The van der Waals surface area contributed by atoms with E-state index < -0.39 is 0 Å². The smallest absolute Gasteiger partial charge is 0.207 e. The summed E-state index contributed by atoms with van der Waals surface area (Å²) < 4.78 is 21.7. The van der Waals surface area contributed by atoms with Crippen molar-refractivity contribution in [2.45, 2.75) is 19.9 Å². The number of halogens is 2. The standard InChI is InChI=1S/C14H17BrFN3O/c1-2-20-10-4-8-19-9-7-17-14(19)18-13-11(15)5-3-6-12(13)16/h3,5-7,9H,2,4,8,10H2,1H3,(H,17,18). The molecule has 0 radical (unpaired) electrons. The van der Waals surface area contributed by atoms with Crippen LogP contribution in [0.5, 0.6) is 0 Å². The average molecular weight is 342 g/mol. The second kappa shape index (κ2) is 7.40. The summed E-state index contributed by atoms with van der Waals surface area (Å²) in [4.78, 5) is 4.22. The zero-order valence-corrected chi connectivity index (χ0v) is 12.9. The van der Waals surface area contributed by atoms with Crippen LogP contribution in [0.15, 0.2) is 35.1 Å². The van der Waals surface area contributed by atoms with E-state index in [0.29, 0.717) is 22.7 Å². The van der Waals surface area contributed by atoms with Crippen LogP contribution in [0.25, 0.3) is 0 Å². The lowest BCUT2D eigenvalue weighted by Crippen LogP contribution is -2.07. The summed E-state index contributed by atoms with van der Waals surface area (Å²) in [7, 11) is 0. The lowest BCUT2D eigenvalue weighted by atomic mass is 10.3. The number of rotatable bonds is 7. The Hall–Kier alpha value is -1.40. The number of anilines is 2. The molecule has 0 fully saturated rings. The summed E-state index contributed by atoms with van der Waals surface area (Å²) in [6.07, 6.45) is 4.44. The Labute approximate surface area is 126 Å². The number of hydrogen-bond acceptors (Lipinski definition) is 3. The summed E-state index contributed by atoms with van der Waals surface area (Å²) in [6.45, 7) is 4.17. The maximum atomic E-state index is 13.8. The summed E-state index contributed by atoms with van der Waals surface area (Å²) in [5, 5.41) is 3.02. The highest BCUT2D eigenvalue weighted by atomic mass is 79.9. The van der Waals surface area contributed by atoms with Gasteiger partial charge in [0.15, 0.2) is 0 Å². The molecular formula is C14H17BrFN3O. The van der Waals surface area contributed by atoms with E-state index >= 15 is 0 Å². The van der Waals surface area contributed by atoms with E-state index in [4.69, 9.17) is 4.74 Å². The highest BCUT2D eigenvalue weighted by molar-refractivity contribution is 9.10. The second-order valence-electron chi connectivity index (χ2n) is 4.22. The van der Waals surface area contributed by atoms with Crippen LogP contribution in [-0.4, -0.2) is 22.8 Å². The lowest BCUT2D eigenvalue weighted by molar-refractivity contribution is 0.142. The van der Waals surface area contributed by atoms with E-state index in [9.17, 15) is 4.39 Å². The molecule has 0 saturated heterocycles. The fourth-order valence-corrected chi connectivity index (χ4v) is 2.27. The molecule has 2 rings (SSSR count). The predicted molar refractivity (Wildman–Crippen MR) is 80.7 cm³/mol. The first-order valence-electron chi connectivity index (χ1n) is 6.52. The van der Waals surface area contributed by atoms with Crippen LogP contribution >= 0.6 is 15.9 Å². The first-order valence-corrected chi connectivity index (χ1v) is 7.31. The van der Waals surface area contributed by atoms with Gasteiger partial charge in [0.05, 0.1) is 5.69 Å². The monoisotopic (exact) mass is 341 g/mol. The van der Waals surface area contributed by atoms with E-state index in [1.807, 2.05) is 17.7 Å². The Balaban J connectivity index is 2.05. The van der Waals surface area contributed by atoms with E-state index in [0.717, 1.165) is 19.6 Å². The molecule has 0 amide bonds. The van der Waals surface area contributed by atoms with Gasteiger partial charge in [0.25, 0.3) is 0 Å². The van der Waals surface area contributed by atoms with Crippen molar-refractivity contribution < 1.29 is 9.13 Å². The summed E-state index contributed by atoms with van der Waals surface area (Å²) in [5.74, 6) is 0.301. The number of para-hydroxylation sites is 1. The van der Waals surface area contributed by atoms with Crippen LogP contribution in [0, 0.1) is 5.82 Å². The van der Waals surface area contributed by atoms with Crippen molar-refractivity contribution in [3.05, 3.63) is 40.9 Å². The van der Waals surface area contributed by atoms with Gasteiger partial charge in [-0.3, -0.25) is 0 Å². The molecule has 108 valence electrons. The first kappa shape index (κ1) is 15.0. The largest absolute Gasteiger partial charge is 0.382 e. The molecule has 6 heteroatoms. The third-order valence-electron chi connectivity index (χ3n) is 2.81. The van der Waals surface area contributed by atoms with Crippen LogP contribution in [0.4, 0.5) is 16.0 Å². The molecule has 0 aliphatic rings. The molecule has 0 aliphatic heterocycles. The minimum absolute atomic E-state index is 0.316. The van der Waals surface area contributed by atoms with Crippen LogP contribution in [-0.2, 0) is 11.3 Å². The first-order chi connectivity index (χ1) is 9.72. The van der Waals surface area contributed by atoms with Gasteiger partial charge in [-0.05, 0) is 41.4 Å². The van der Waals surface area contributed by atoms with E-state index in [-0.39, 0.29) is 5.82 Å². The van der Waals surface area contributed by atoms with Crippen LogP contribution in [0.2, 0.25) is 0 Å². The molecule has 1 aromatic carbocycles. The number of hydrogen-bond donors (Lipinski definition) is 1. The minimum Gasteiger partial charge on any atom is -0.382 e. The van der Waals surface area contributed by atoms with Crippen molar-refractivity contribution in [3.8, 4) is 0 Å². The Kier molecular flexibility index (Phi) is 5.55. The summed E-state index contributed by atoms with van der Waals surface area (Å²) >= 11 is 3.33. The highest BCUT2D eigenvalue weighted by Gasteiger charge is 2.09. The molecular weight excluding hydrogens is 325 g/mol. The maximum Gasteiger partial charge on any atom is 0.207 e. The minimum atomic E-state index is -0.316. The van der Waals surface area contributed by atoms with Crippen molar-refractivity contribution in [1.82, 2.24) is 9.55 Å². The fourth-order valence-electron chi connectivity index (χ4n) is 1.82. The Bertz CT molecular complexity index is 539. The van der Waals surface area contributed by atoms with Gasteiger partial charge in [-0.1, -0.05) is 6.07 Å². The van der Waals surface area contributed by atoms with Gasteiger partial charge in [0, 0.05) is 36.6 Å². The highest BCUT2D eigenvalue weighted by Crippen LogP contribution is 2.27. The molecule has 0 aliphatic carbocycles. The lowest BCUT2D eigenvalue weighted by Gasteiger charge is -2.11. The number of aryl methyl sites for hydroxylation is 1. The van der Waals surface area contributed by atoms with Gasteiger partial charge in [0.2, 0.25) is 5.95 Å². The molecule has 20 heavy (non-hydrogen) atoms. The van der Waals surface area contributed by atoms with Gasteiger partial charge in [-0.15, -0.1) is 0 Å². The van der Waals surface area contributed by atoms with Gasteiger partial charge in [0.1, 0.15) is 5.82 Å². The summed E-state index contributed by atoms with van der Waals surface area (Å²) in [6, 6.07) is 4.85. The van der Waals surface area contributed by atoms with Crippen molar-refractivity contribution in [3.63, 3.8) is 0 Å². The van der Waals surface area contributed by atoms with Crippen LogP contribution < -0.4 is 5.32 Å². The van der Waals surface area contributed by atoms with E-state index in [2.05, 4.69) is 26.2 Å². The predicted octanol–water partition coefficient (Wildman–Crippen LogP) is 3.95. The Morgan fingerprint density at radius 1 is 1.45 bits per heavy atom. The molecule has 0 bridgehead atoms. The number of benzene rings is 1. The second-order valence-corrected chi connectivity index (χ2v) is 5.07. The molecule has 1 aromatic heterocycles. The number of ether oxygens (including phenoxy) is 1. The van der Waals surface area contributed by atoms with Crippen molar-refractivity contribution >= 4 is 27.6 Å². The molecule has 1 N–H and O–H groups in total. The number of imidazole rings is 1. The molecule has 0 atom stereocenters. The van der Waals surface area contributed by atoms with Gasteiger partial charge in [-0.2, -0.15) is 0 Å². The number of nitrogens with one attached hydrogen (secondary N) is 1. The fraction of sp³-hybridized carbons (Fsp3) is 0.357. The SMILES string of the molecule is CCOCCCn1ccnc1Nc1c(F)cccc1Br. The normalized spacial score (nSPS) is 10.8. The topological polar surface area (TPSA) is 39.1 Å². The van der Waals surface area contributed by atoms with Crippen molar-refractivity contribution in [1.29, 1.82) is 0 Å². The van der Waals surface area contributed by atoms with Crippen molar-refractivity contribution in [2.24, 2.45) is 0 Å². The maximum absolute atomic E-state index is 13.8. The van der Waals surface area contributed by atoms with Crippen LogP contribution in [0.1, 0.15) is 13.3 Å². The summed E-state index contributed by atoms with van der Waals surface area (Å²) in [5.41, 5.74) is 0.393. The molecule has 1 heterocycles. The third kappa shape index (κ3) is 3.80. The zero-order chi connectivity index (χ0) is 14.4. The number of nitrogens with zero attached hydrogens (tertiary/aromatic N) is 2. The van der Waals surface area contributed by atoms with Gasteiger partial charge < -0.3 is 14.6 Å². The number of aromatic nitrogens is 2. The molecule has 0 unspecified atom stereocenters. The Morgan fingerprint density at radius 2 is 2.30 bits per heavy atom. The zero-order valence-electron chi connectivity index (χ0n) is 11.3. The quantitative estimate of drug-likeness (QED) is 0.775.